The van der Waals surface area contributed by atoms with E-state index in [0.29, 0.717) is 13.1 Å². The fraction of sp³-hybridized carbons (Fsp3) is 0.533. The number of likely N-dealkylation sites (tertiary alicyclic amines) is 1. The standard InChI is InChI=1S/C15H22N2O3/c1-20-14-7-11(4-5-12(14)8-16)9-17-6-2-3-13(10-17)15(18)19/h4-5,7,13H,2-3,6,8-10,16H2,1H3,(H,18,19). The van der Waals surface area contributed by atoms with Crippen molar-refractivity contribution in [3.63, 3.8) is 0 Å². The number of aliphatic carboxylic acids is 1. The highest BCUT2D eigenvalue weighted by molar-refractivity contribution is 5.70. The zero-order valence-corrected chi connectivity index (χ0v) is 11.8. The van der Waals surface area contributed by atoms with Crippen molar-refractivity contribution in [3.8, 4) is 5.75 Å². The number of carbonyl (C=O) groups is 1. The molecule has 0 amide bonds. The average Bonchev–Trinajstić information content (AvgIpc) is 2.47. The highest BCUT2D eigenvalue weighted by atomic mass is 16.5. The third-order valence-electron chi connectivity index (χ3n) is 3.83. The van der Waals surface area contributed by atoms with Gasteiger partial charge in [0.25, 0.3) is 0 Å². The molecule has 0 saturated carbocycles. The highest BCUT2D eigenvalue weighted by Gasteiger charge is 2.25. The molecule has 0 aromatic heterocycles. The zero-order chi connectivity index (χ0) is 14.5. The summed E-state index contributed by atoms with van der Waals surface area (Å²) < 4.78 is 5.33. The zero-order valence-electron chi connectivity index (χ0n) is 11.8. The van der Waals surface area contributed by atoms with Gasteiger partial charge in [-0.25, -0.2) is 0 Å². The van der Waals surface area contributed by atoms with Gasteiger partial charge in [-0.05, 0) is 31.0 Å². The lowest BCUT2D eigenvalue weighted by molar-refractivity contribution is -0.143. The predicted octanol–water partition coefficient (Wildman–Crippen LogP) is 1.45. The number of nitrogens with zero attached hydrogens (tertiary/aromatic N) is 1. The van der Waals surface area contributed by atoms with Crippen LogP contribution in [0.1, 0.15) is 24.0 Å². The van der Waals surface area contributed by atoms with Crippen molar-refractivity contribution in [1.82, 2.24) is 4.90 Å². The van der Waals surface area contributed by atoms with E-state index in [9.17, 15) is 4.79 Å². The van der Waals surface area contributed by atoms with Gasteiger partial charge in [0.1, 0.15) is 5.75 Å². The smallest absolute Gasteiger partial charge is 0.307 e. The molecule has 2 rings (SSSR count). The Labute approximate surface area is 119 Å². The Morgan fingerprint density at radius 1 is 1.55 bits per heavy atom. The molecule has 110 valence electrons. The third kappa shape index (κ3) is 3.49. The summed E-state index contributed by atoms with van der Waals surface area (Å²) in [7, 11) is 1.64. The van der Waals surface area contributed by atoms with E-state index in [1.54, 1.807) is 7.11 Å². The average molecular weight is 278 g/mol. The van der Waals surface area contributed by atoms with E-state index in [1.165, 1.54) is 0 Å². The summed E-state index contributed by atoms with van der Waals surface area (Å²) in [6, 6.07) is 6.01. The van der Waals surface area contributed by atoms with Crippen LogP contribution in [0.5, 0.6) is 5.75 Å². The van der Waals surface area contributed by atoms with Gasteiger partial charge in [-0.3, -0.25) is 9.69 Å². The van der Waals surface area contributed by atoms with Crippen LogP contribution in [0.2, 0.25) is 0 Å². The second-order valence-electron chi connectivity index (χ2n) is 5.26. The van der Waals surface area contributed by atoms with Crippen molar-refractivity contribution in [2.75, 3.05) is 20.2 Å². The number of carboxylic acids is 1. The molecule has 0 spiro atoms. The Kier molecular flexibility index (Phi) is 4.98. The van der Waals surface area contributed by atoms with Crippen molar-refractivity contribution in [2.24, 2.45) is 11.7 Å². The number of carboxylic acid groups (broad SMARTS) is 1. The summed E-state index contributed by atoms with van der Waals surface area (Å²) in [4.78, 5) is 13.3. The molecule has 20 heavy (non-hydrogen) atoms. The molecule has 1 aromatic carbocycles. The number of piperidine rings is 1. The van der Waals surface area contributed by atoms with Crippen molar-refractivity contribution in [2.45, 2.75) is 25.9 Å². The Morgan fingerprint density at radius 2 is 2.35 bits per heavy atom. The van der Waals surface area contributed by atoms with Gasteiger partial charge in [0, 0.05) is 25.2 Å². The van der Waals surface area contributed by atoms with Crippen LogP contribution in [0.4, 0.5) is 0 Å². The van der Waals surface area contributed by atoms with Crippen LogP contribution >= 0.6 is 0 Å². The molecule has 1 fully saturated rings. The topological polar surface area (TPSA) is 75.8 Å². The van der Waals surface area contributed by atoms with Crippen LogP contribution in [-0.2, 0) is 17.9 Å². The molecule has 0 bridgehead atoms. The first-order chi connectivity index (χ1) is 9.63. The van der Waals surface area contributed by atoms with E-state index < -0.39 is 5.97 Å². The van der Waals surface area contributed by atoms with Crippen LogP contribution in [0.15, 0.2) is 18.2 Å². The number of methoxy groups -OCH3 is 1. The number of hydrogen-bond donors (Lipinski definition) is 2. The summed E-state index contributed by atoms with van der Waals surface area (Å²) in [5.41, 5.74) is 7.77. The van der Waals surface area contributed by atoms with Gasteiger partial charge < -0.3 is 15.6 Å². The van der Waals surface area contributed by atoms with Gasteiger partial charge >= 0.3 is 5.97 Å². The predicted molar refractivity (Wildman–Crippen MR) is 76.5 cm³/mol. The monoisotopic (exact) mass is 278 g/mol. The summed E-state index contributed by atoms with van der Waals surface area (Å²) in [5, 5.41) is 9.11. The summed E-state index contributed by atoms with van der Waals surface area (Å²) >= 11 is 0. The maximum atomic E-state index is 11.1. The second kappa shape index (κ2) is 6.72. The van der Waals surface area contributed by atoms with Crippen molar-refractivity contribution in [3.05, 3.63) is 29.3 Å². The fourth-order valence-electron chi connectivity index (χ4n) is 2.71. The fourth-order valence-corrected chi connectivity index (χ4v) is 2.71. The summed E-state index contributed by atoms with van der Waals surface area (Å²) in [6.07, 6.45) is 1.72. The SMILES string of the molecule is COc1cc(CN2CCCC(C(=O)O)C2)ccc1CN. The number of hydrogen-bond acceptors (Lipinski definition) is 4. The molecular weight excluding hydrogens is 256 g/mol. The Bertz CT molecular complexity index is 476. The van der Waals surface area contributed by atoms with Crippen LogP contribution < -0.4 is 10.5 Å². The molecule has 0 radical (unpaired) electrons. The first-order valence-electron chi connectivity index (χ1n) is 6.95. The maximum absolute atomic E-state index is 11.1. The Balaban J connectivity index is 2.04. The Morgan fingerprint density at radius 3 is 3.00 bits per heavy atom. The molecule has 1 saturated heterocycles. The van der Waals surface area contributed by atoms with E-state index in [2.05, 4.69) is 4.90 Å². The van der Waals surface area contributed by atoms with Crippen molar-refractivity contribution >= 4 is 5.97 Å². The third-order valence-corrected chi connectivity index (χ3v) is 3.83. The lowest BCUT2D eigenvalue weighted by atomic mass is 9.97. The summed E-state index contributed by atoms with van der Waals surface area (Å²) in [5.74, 6) is -0.128. The molecule has 5 heteroatoms. The van der Waals surface area contributed by atoms with Gasteiger partial charge in [-0.15, -0.1) is 0 Å². The first-order valence-corrected chi connectivity index (χ1v) is 6.95. The van der Waals surface area contributed by atoms with Crippen molar-refractivity contribution in [1.29, 1.82) is 0 Å². The van der Waals surface area contributed by atoms with Gasteiger partial charge in [0.15, 0.2) is 0 Å². The lowest BCUT2D eigenvalue weighted by Gasteiger charge is -2.30. The van der Waals surface area contributed by atoms with E-state index in [4.69, 9.17) is 15.6 Å². The number of benzene rings is 1. The van der Waals surface area contributed by atoms with Gasteiger partial charge in [-0.2, -0.15) is 0 Å². The molecule has 1 aliphatic heterocycles. The number of ether oxygens (including phenoxy) is 1. The molecular formula is C15H22N2O3. The highest BCUT2D eigenvalue weighted by Crippen LogP contribution is 2.23. The number of rotatable bonds is 5. The molecule has 1 aromatic rings. The molecule has 1 heterocycles. The second-order valence-corrected chi connectivity index (χ2v) is 5.26. The van der Waals surface area contributed by atoms with Gasteiger partial charge in [0.2, 0.25) is 0 Å². The normalized spacial score (nSPS) is 19.8. The maximum Gasteiger partial charge on any atom is 0.307 e. The minimum absolute atomic E-state index is 0.242. The van der Waals surface area contributed by atoms with Crippen LogP contribution in [0.3, 0.4) is 0 Å². The molecule has 1 unspecified atom stereocenters. The molecule has 3 N–H and O–H groups in total. The summed E-state index contributed by atoms with van der Waals surface area (Å²) in [6.45, 7) is 2.78. The first kappa shape index (κ1) is 14.8. The van der Waals surface area contributed by atoms with Crippen LogP contribution in [-0.4, -0.2) is 36.2 Å². The minimum atomic E-state index is -0.689. The molecule has 0 aliphatic carbocycles. The largest absolute Gasteiger partial charge is 0.496 e. The minimum Gasteiger partial charge on any atom is -0.496 e. The van der Waals surface area contributed by atoms with E-state index >= 15 is 0 Å². The van der Waals surface area contributed by atoms with Crippen molar-refractivity contribution < 1.29 is 14.6 Å². The van der Waals surface area contributed by atoms with Crippen LogP contribution in [0.25, 0.3) is 0 Å². The quantitative estimate of drug-likeness (QED) is 0.852. The molecule has 1 aliphatic rings. The number of nitrogens with two attached hydrogens (primary N) is 1. The van der Waals surface area contributed by atoms with E-state index in [-0.39, 0.29) is 5.92 Å². The molecule has 5 nitrogen and oxygen atoms in total. The molecule has 1 atom stereocenters. The van der Waals surface area contributed by atoms with E-state index in [1.807, 2.05) is 18.2 Å². The van der Waals surface area contributed by atoms with Gasteiger partial charge in [0.05, 0.1) is 13.0 Å². The lowest BCUT2D eigenvalue weighted by Crippen LogP contribution is -2.38. The Hall–Kier alpha value is -1.59. The van der Waals surface area contributed by atoms with Gasteiger partial charge in [-0.1, -0.05) is 12.1 Å². The van der Waals surface area contributed by atoms with Crippen LogP contribution in [0, 0.1) is 5.92 Å². The van der Waals surface area contributed by atoms with E-state index in [0.717, 1.165) is 42.8 Å².